The third-order valence-electron chi connectivity index (χ3n) is 3.34. The van der Waals surface area contributed by atoms with Gasteiger partial charge >= 0.3 is 11.9 Å². The predicted octanol–water partition coefficient (Wildman–Crippen LogP) is 0.916. The van der Waals surface area contributed by atoms with E-state index in [-0.39, 0.29) is 10.5 Å². The molecule has 0 aliphatic rings. The lowest BCUT2D eigenvalue weighted by molar-refractivity contribution is -0.119. The Kier molecular flexibility index (Phi) is 6.27. The summed E-state index contributed by atoms with van der Waals surface area (Å²) in [7, 11) is -2.60. The van der Waals surface area contributed by atoms with Gasteiger partial charge in [-0.3, -0.25) is 4.79 Å². The van der Waals surface area contributed by atoms with E-state index in [9.17, 15) is 22.8 Å². The molecule has 0 unspecified atom stereocenters. The first kappa shape index (κ1) is 20.1. The normalized spacial score (nSPS) is 10.7. The van der Waals surface area contributed by atoms with Crippen LogP contribution in [0.2, 0.25) is 0 Å². The van der Waals surface area contributed by atoms with E-state index in [0.29, 0.717) is 11.3 Å². The maximum atomic E-state index is 11.9. The second-order valence-corrected chi connectivity index (χ2v) is 6.82. The number of nitrogens with two attached hydrogens (primary N) is 1. The maximum Gasteiger partial charge on any atom is 0.338 e. The van der Waals surface area contributed by atoms with Crippen LogP contribution in [0.5, 0.6) is 0 Å². The van der Waals surface area contributed by atoms with Crippen LogP contribution in [-0.2, 0) is 24.3 Å². The second-order valence-electron chi connectivity index (χ2n) is 5.26. The van der Waals surface area contributed by atoms with E-state index in [1.54, 1.807) is 0 Å². The molecule has 3 N–H and O–H groups in total. The first-order valence-electron chi connectivity index (χ1n) is 7.49. The monoisotopic (exact) mass is 392 g/mol. The molecule has 0 saturated heterocycles. The highest BCUT2D eigenvalue weighted by atomic mass is 32.2. The van der Waals surface area contributed by atoms with Crippen LogP contribution in [0.3, 0.4) is 0 Å². The van der Waals surface area contributed by atoms with Gasteiger partial charge in [-0.25, -0.2) is 23.1 Å². The Bertz CT molecular complexity index is 952. The molecule has 0 heterocycles. The quantitative estimate of drug-likeness (QED) is 0.696. The Morgan fingerprint density at radius 3 is 1.96 bits per heavy atom. The third-order valence-corrected chi connectivity index (χ3v) is 4.27. The molecule has 0 fully saturated rings. The summed E-state index contributed by atoms with van der Waals surface area (Å²) in [4.78, 5) is 34.9. The highest BCUT2D eigenvalue weighted by Gasteiger charge is 2.13. The Hall–Kier alpha value is -3.24. The Morgan fingerprint density at radius 2 is 1.44 bits per heavy atom. The second kappa shape index (κ2) is 8.43. The van der Waals surface area contributed by atoms with Gasteiger partial charge in [0.1, 0.15) is 0 Å². The molecule has 2 aromatic carbocycles. The van der Waals surface area contributed by atoms with Crippen molar-refractivity contribution in [2.24, 2.45) is 5.14 Å². The van der Waals surface area contributed by atoms with Crippen molar-refractivity contribution in [3.8, 4) is 0 Å². The number of esters is 2. The van der Waals surface area contributed by atoms with Crippen LogP contribution in [-0.4, -0.2) is 40.0 Å². The van der Waals surface area contributed by atoms with Gasteiger partial charge in [-0.05, 0) is 48.5 Å². The summed E-state index contributed by atoms with van der Waals surface area (Å²) >= 11 is 0. The number of sulfonamides is 1. The van der Waals surface area contributed by atoms with Gasteiger partial charge in [-0.1, -0.05) is 0 Å². The minimum Gasteiger partial charge on any atom is -0.465 e. The number of anilines is 1. The standard InChI is InChI=1S/C17H16N2O7S/c1-25-16(21)11-2-6-13(7-3-11)19-15(20)10-26-17(22)12-4-8-14(9-5-12)27(18,23)24/h2-9H,10H2,1H3,(H,19,20)(H2,18,23,24). The van der Waals surface area contributed by atoms with E-state index in [2.05, 4.69) is 10.1 Å². The number of carbonyl (C=O) groups is 3. The van der Waals surface area contributed by atoms with E-state index >= 15 is 0 Å². The SMILES string of the molecule is COC(=O)c1ccc(NC(=O)COC(=O)c2ccc(S(N)(=O)=O)cc2)cc1. The largest absolute Gasteiger partial charge is 0.465 e. The molecule has 0 aliphatic heterocycles. The van der Waals surface area contributed by atoms with Crippen molar-refractivity contribution in [2.45, 2.75) is 4.90 Å². The van der Waals surface area contributed by atoms with E-state index in [1.165, 1.54) is 43.5 Å². The fourth-order valence-electron chi connectivity index (χ4n) is 2.00. The Balaban J connectivity index is 1.89. The van der Waals surface area contributed by atoms with Crippen molar-refractivity contribution in [2.75, 3.05) is 19.0 Å². The highest BCUT2D eigenvalue weighted by molar-refractivity contribution is 7.89. The molecule has 0 aromatic heterocycles. The Labute approximate surface area is 155 Å². The van der Waals surface area contributed by atoms with Crippen molar-refractivity contribution in [1.29, 1.82) is 0 Å². The molecule has 0 aliphatic carbocycles. The van der Waals surface area contributed by atoms with Crippen molar-refractivity contribution < 1.29 is 32.3 Å². The summed E-state index contributed by atoms with van der Waals surface area (Å²) in [5.41, 5.74) is 0.795. The molecule has 9 nitrogen and oxygen atoms in total. The zero-order valence-corrected chi connectivity index (χ0v) is 15.0. The summed E-state index contributed by atoms with van der Waals surface area (Å²) in [6, 6.07) is 10.7. The zero-order chi connectivity index (χ0) is 20.0. The number of hydrogen-bond donors (Lipinski definition) is 2. The van der Waals surface area contributed by atoms with Gasteiger partial charge in [0.15, 0.2) is 6.61 Å². The molecule has 2 aromatic rings. The number of methoxy groups -OCH3 is 1. The fourth-order valence-corrected chi connectivity index (χ4v) is 2.52. The van der Waals surface area contributed by atoms with Gasteiger partial charge in [0, 0.05) is 5.69 Å². The summed E-state index contributed by atoms with van der Waals surface area (Å²) in [5.74, 6) is -1.89. The molecule has 0 atom stereocenters. The van der Waals surface area contributed by atoms with E-state index < -0.39 is 34.5 Å². The van der Waals surface area contributed by atoms with Crippen molar-refractivity contribution >= 4 is 33.6 Å². The summed E-state index contributed by atoms with van der Waals surface area (Å²) < 4.78 is 31.7. The molecule has 27 heavy (non-hydrogen) atoms. The molecule has 0 saturated carbocycles. The van der Waals surface area contributed by atoms with Crippen LogP contribution in [0.25, 0.3) is 0 Å². The smallest absolute Gasteiger partial charge is 0.338 e. The van der Waals surface area contributed by atoms with Crippen molar-refractivity contribution in [3.63, 3.8) is 0 Å². The van der Waals surface area contributed by atoms with E-state index in [4.69, 9.17) is 9.88 Å². The number of nitrogens with one attached hydrogen (secondary N) is 1. The fraction of sp³-hybridized carbons (Fsp3) is 0.118. The van der Waals surface area contributed by atoms with Gasteiger partial charge in [0.05, 0.1) is 23.1 Å². The third kappa shape index (κ3) is 5.62. The molecular weight excluding hydrogens is 376 g/mol. The Morgan fingerprint density at radius 1 is 0.926 bits per heavy atom. The molecule has 2 rings (SSSR count). The van der Waals surface area contributed by atoms with Gasteiger partial charge < -0.3 is 14.8 Å². The van der Waals surface area contributed by atoms with Gasteiger partial charge in [-0.2, -0.15) is 0 Å². The van der Waals surface area contributed by atoms with E-state index in [0.717, 1.165) is 12.1 Å². The summed E-state index contributed by atoms with van der Waals surface area (Å²) in [5, 5.41) is 7.46. The molecule has 1 amide bonds. The summed E-state index contributed by atoms with van der Waals surface area (Å²) in [6.45, 7) is -0.547. The van der Waals surface area contributed by atoms with Crippen LogP contribution >= 0.6 is 0 Å². The average Bonchev–Trinajstić information content (AvgIpc) is 2.65. The number of amides is 1. The van der Waals surface area contributed by atoms with Crippen LogP contribution in [0.1, 0.15) is 20.7 Å². The number of carbonyl (C=O) groups excluding carboxylic acids is 3. The molecule has 142 valence electrons. The lowest BCUT2D eigenvalue weighted by Crippen LogP contribution is -2.21. The van der Waals surface area contributed by atoms with Crippen LogP contribution in [0.15, 0.2) is 53.4 Å². The topological polar surface area (TPSA) is 142 Å². The summed E-state index contributed by atoms with van der Waals surface area (Å²) in [6.07, 6.45) is 0. The van der Waals surface area contributed by atoms with E-state index in [1.807, 2.05) is 0 Å². The average molecular weight is 392 g/mol. The first-order chi connectivity index (χ1) is 12.7. The minimum atomic E-state index is -3.86. The zero-order valence-electron chi connectivity index (χ0n) is 14.2. The van der Waals surface area contributed by atoms with Crippen LogP contribution in [0, 0.1) is 0 Å². The molecule has 10 heteroatoms. The lowest BCUT2D eigenvalue weighted by atomic mass is 10.2. The maximum absolute atomic E-state index is 11.9. The van der Waals surface area contributed by atoms with Crippen LogP contribution < -0.4 is 10.5 Å². The number of ether oxygens (including phenoxy) is 2. The van der Waals surface area contributed by atoms with Crippen molar-refractivity contribution in [1.82, 2.24) is 0 Å². The number of hydrogen-bond acceptors (Lipinski definition) is 7. The van der Waals surface area contributed by atoms with Crippen LogP contribution in [0.4, 0.5) is 5.69 Å². The molecular formula is C17H16N2O7S. The number of primary sulfonamides is 1. The first-order valence-corrected chi connectivity index (χ1v) is 9.03. The molecule has 0 spiro atoms. The predicted molar refractivity (Wildman–Crippen MR) is 94.5 cm³/mol. The minimum absolute atomic E-state index is 0.0673. The van der Waals surface area contributed by atoms with Gasteiger partial charge in [-0.15, -0.1) is 0 Å². The highest BCUT2D eigenvalue weighted by Crippen LogP contribution is 2.11. The molecule has 0 bridgehead atoms. The van der Waals surface area contributed by atoms with Gasteiger partial charge in [0.2, 0.25) is 10.0 Å². The van der Waals surface area contributed by atoms with Crippen molar-refractivity contribution in [3.05, 3.63) is 59.7 Å². The van der Waals surface area contributed by atoms with Gasteiger partial charge in [0.25, 0.3) is 5.91 Å². The lowest BCUT2D eigenvalue weighted by Gasteiger charge is -2.07. The molecule has 0 radical (unpaired) electrons. The number of rotatable bonds is 6. The number of benzene rings is 2.